The van der Waals surface area contributed by atoms with Crippen LogP contribution in [0.2, 0.25) is 0 Å². The second-order valence-electron chi connectivity index (χ2n) is 4.89. The van der Waals surface area contributed by atoms with Crippen molar-refractivity contribution in [2.45, 2.75) is 44.7 Å². The number of aromatic nitrogens is 1. The molecule has 1 aromatic heterocycles. The fraction of sp³-hybridized carbons (Fsp3) is 0.750. The highest BCUT2D eigenvalue weighted by atomic mass is 35.5. The van der Waals surface area contributed by atoms with Crippen molar-refractivity contribution in [1.82, 2.24) is 10.3 Å². The van der Waals surface area contributed by atoms with Crippen LogP contribution in [0.15, 0.2) is 11.6 Å². The molecule has 2 atom stereocenters. The second kappa shape index (κ2) is 5.48. The molecule has 1 heterocycles. The summed E-state index contributed by atoms with van der Waals surface area (Å²) >= 11 is 7.87. The quantitative estimate of drug-likeness (QED) is 0.837. The molecule has 4 heteroatoms. The van der Waals surface area contributed by atoms with Gasteiger partial charge in [0.1, 0.15) is 5.01 Å². The van der Waals surface area contributed by atoms with Gasteiger partial charge in [0.2, 0.25) is 0 Å². The summed E-state index contributed by atoms with van der Waals surface area (Å²) in [5.41, 5.74) is 0.144. The first kappa shape index (κ1) is 12.3. The molecule has 90 valence electrons. The molecule has 0 amide bonds. The van der Waals surface area contributed by atoms with E-state index in [1.54, 1.807) is 11.3 Å². The van der Waals surface area contributed by atoms with Crippen molar-refractivity contribution in [3.05, 3.63) is 16.6 Å². The Labute approximate surface area is 106 Å². The molecule has 2 nitrogen and oxygen atoms in total. The summed E-state index contributed by atoms with van der Waals surface area (Å²) in [6.07, 6.45) is 6.89. The first-order chi connectivity index (χ1) is 7.74. The fourth-order valence-electron chi connectivity index (χ4n) is 2.59. The van der Waals surface area contributed by atoms with Crippen LogP contribution in [-0.2, 0) is 6.54 Å². The fourth-order valence-corrected chi connectivity index (χ4v) is 3.49. The van der Waals surface area contributed by atoms with E-state index in [0.29, 0.717) is 5.88 Å². The lowest BCUT2D eigenvalue weighted by Crippen LogP contribution is -2.49. The van der Waals surface area contributed by atoms with E-state index in [9.17, 15) is 0 Å². The number of halogens is 1. The van der Waals surface area contributed by atoms with Gasteiger partial charge >= 0.3 is 0 Å². The van der Waals surface area contributed by atoms with Crippen molar-refractivity contribution in [2.24, 2.45) is 5.92 Å². The maximum absolute atomic E-state index is 6.16. The Morgan fingerprint density at radius 1 is 1.69 bits per heavy atom. The Morgan fingerprint density at radius 2 is 2.56 bits per heavy atom. The Bertz CT molecular complexity index is 315. The first-order valence-corrected chi connectivity index (χ1v) is 7.35. The maximum Gasteiger partial charge on any atom is 0.106 e. The second-order valence-corrected chi connectivity index (χ2v) is 6.14. The van der Waals surface area contributed by atoms with Crippen molar-refractivity contribution in [3.8, 4) is 0 Å². The third-order valence-corrected chi connectivity index (χ3v) is 4.74. The van der Waals surface area contributed by atoms with Gasteiger partial charge in [0.25, 0.3) is 0 Å². The third kappa shape index (κ3) is 2.96. The van der Waals surface area contributed by atoms with Gasteiger partial charge in [0.05, 0.1) is 0 Å². The lowest BCUT2D eigenvalue weighted by molar-refractivity contribution is 0.207. The molecule has 1 aliphatic carbocycles. The van der Waals surface area contributed by atoms with E-state index in [0.717, 1.165) is 17.5 Å². The number of hydrogen-bond acceptors (Lipinski definition) is 3. The summed E-state index contributed by atoms with van der Waals surface area (Å²) in [5, 5.41) is 6.81. The predicted octanol–water partition coefficient (Wildman–Crippen LogP) is 3.42. The van der Waals surface area contributed by atoms with Crippen LogP contribution in [0.4, 0.5) is 0 Å². The van der Waals surface area contributed by atoms with Crippen LogP contribution in [0.5, 0.6) is 0 Å². The van der Waals surface area contributed by atoms with Gasteiger partial charge in [-0.3, -0.25) is 0 Å². The molecule has 0 radical (unpaired) electrons. The highest BCUT2D eigenvalue weighted by Gasteiger charge is 2.33. The van der Waals surface area contributed by atoms with Gasteiger partial charge in [0.15, 0.2) is 0 Å². The number of rotatable bonds is 4. The largest absolute Gasteiger partial charge is 0.304 e. The molecule has 1 fully saturated rings. The molecule has 16 heavy (non-hydrogen) atoms. The van der Waals surface area contributed by atoms with Gasteiger partial charge in [-0.05, 0) is 18.8 Å². The minimum absolute atomic E-state index is 0.144. The molecule has 1 aromatic rings. The minimum atomic E-state index is 0.144. The van der Waals surface area contributed by atoms with Gasteiger partial charge < -0.3 is 5.32 Å². The van der Waals surface area contributed by atoms with Gasteiger partial charge in [-0.2, -0.15) is 0 Å². The number of alkyl halides is 1. The van der Waals surface area contributed by atoms with Crippen molar-refractivity contribution in [3.63, 3.8) is 0 Å². The van der Waals surface area contributed by atoms with E-state index < -0.39 is 0 Å². The van der Waals surface area contributed by atoms with E-state index in [1.165, 1.54) is 25.7 Å². The van der Waals surface area contributed by atoms with Crippen LogP contribution in [-0.4, -0.2) is 16.4 Å². The molecule has 1 N–H and O–H groups in total. The molecule has 1 saturated carbocycles. The number of thiazole rings is 1. The van der Waals surface area contributed by atoms with Crippen LogP contribution in [0.1, 0.15) is 37.6 Å². The molecule has 0 bridgehead atoms. The third-order valence-electron chi connectivity index (χ3n) is 3.45. The topological polar surface area (TPSA) is 24.9 Å². The Morgan fingerprint density at radius 3 is 3.19 bits per heavy atom. The molecular weight excluding hydrogens is 240 g/mol. The summed E-state index contributed by atoms with van der Waals surface area (Å²) in [4.78, 5) is 4.30. The summed E-state index contributed by atoms with van der Waals surface area (Å²) in [6, 6.07) is 0. The molecule has 0 spiro atoms. The van der Waals surface area contributed by atoms with Crippen LogP contribution < -0.4 is 5.32 Å². The van der Waals surface area contributed by atoms with E-state index >= 15 is 0 Å². The van der Waals surface area contributed by atoms with Gasteiger partial charge in [-0.1, -0.05) is 19.8 Å². The standard InChI is InChI=1S/C12H19ClN2S/c1-10-3-2-4-12(7-10,9-13)15-8-11-14-5-6-16-11/h5-6,10,15H,2-4,7-9H2,1H3. The van der Waals surface area contributed by atoms with E-state index in [1.807, 2.05) is 11.6 Å². The Kier molecular flexibility index (Phi) is 4.22. The monoisotopic (exact) mass is 258 g/mol. The van der Waals surface area contributed by atoms with Gasteiger partial charge in [-0.15, -0.1) is 22.9 Å². The van der Waals surface area contributed by atoms with Crippen LogP contribution in [0, 0.1) is 5.92 Å². The zero-order valence-corrected chi connectivity index (χ0v) is 11.3. The normalized spacial score (nSPS) is 30.5. The van der Waals surface area contributed by atoms with Crippen LogP contribution in [0.25, 0.3) is 0 Å². The molecule has 2 rings (SSSR count). The molecule has 0 aliphatic heterocycles. The number of hydrogen-bond donors (Lipinski definition) is 1. The van der Waals surface area contributed by atoms with Gasteiger partial charge in [-0.25, -0.2) is 4.98 Å². The average Bonchev–Trinajstić information content (AvgIpc) is 2.79. The van der Waals surface area contributed by atoms with Gasteiger partial charge in [0, 0.05) is 29.5 Å². The maximum atomic E-state index is 6.16. The van der Waals surface area contributed by atoms with E-state index in [4.69, 9.17) is 11.6 Å². The Hall–Kier alpha value is -0.120. The smallest absolute Gasteiger partial charge is 0.106 e. The Balaban J connectivity index is 1.93. The zero-order chi connectivity index (χ0) is 11.4. The lowest BCUT2D eigenvalue weighted by Gasteiger charge is -2.39. The predicted molar refractivity (Wildman–Crippen MR) is 70.0 cm³/mol. The molecular formula is C12H19ClN2S. The highest BCUT2D eigenvalue weighted by molar-refractivity contribution is 7.09. The lowest BCUT2D eigenvalue weighted by atomic mass is 9.77. The van der Waals surface area contributed by atoms with Crippen LogP contribution >= 0.6 is 22.9 Å². The molecule has 0 saturated heterocycles. The summed E-state index contributed by atoms with van der Waals surface area (Å²) in [7, 11) is 0. The van der Waals surface area contributed by atoms with Crippen molar-refractivity contribution in [2.75, 3.05) is 5.88 Å². The summed E-state index contributed by atoms with van der Waals surface area (Å²) in [6.45, 7) is 3.18. The van der Waals surface area contributed by atoms with Crippen molar-refractivity contribution in [1.29, 1.82) is 0 Å². The molecule has 1 aliphatic rings. The highest BCUT2D eigenvalue weighted by Crippen LogP contribution is 2.33. The van der Waals surface area contributed by atoms with Crippen molar-refractivity contribution >= 4 is 22.9 Å². The summed E-state index contributed by atoms with van der Waals surface area (Å²) < 4.78 is 0. The summed E-state index contributed by atoms with van der Waals surface area (Å²) in [5.74, 6) is 1.50. The number of nitrogens with zero attached hydrogens (tertiary/aromatic N) is 1. The van der Waals surface area contributed by atoms with E-state index in [2.05, 4.69) is 17.2 Å². The average molecular weight is 259 g/mol. The van der Waals surface area contributed by atoms with E-state index in [-0.39, 0.29) is 5.54 Å². The zero-order valence-electron chi connectivity index (χ0n) is 9.71. The minimum Gasteiger partial charge on any atom is -0.304 e. The SMILES string of the molecule is CC1CCCC(CCl)(NCc2nccs2)C1. The first-order valence-electron chi connectivity index (χ1n) is 5.93. The molecule has 0 aromatic carbocycles. The number of nitrogens with one attached hydrogen (secondary N) is 1. The molecule has 2 unspecified atom stereocenters. The van der Waals surface area contributed by atoms with Crippen LogP contribution in [0.3, 0.4) is 0 Å². The van der Waals surface area contributed by atoms with Crippen molar-refractivity contribution < 1.29 is 0 Å².